The second-order valence-corrected chi connectivity index (χ2v) is 7.11. The molecule has 0 radical (unpaired) electrons. The quantitative estimate of drug-likeness (QED) is 0.662. The SMILES string of the molecule is N/C(=C(/c1ccncc1)N(O)CC(=O)N1CCC(O)CC1)c1ccc(Cl)cc1. The van der Waals surface area contributed by atoms with Crippen LogP contribution in [0, 0.1) is 0 Å². The Morgan fingerprint density at radius 2 is 1.75 bits per heavy atom. The van der Waals surface area contributed by atoms with Crippen LogP contribution < -0.4 is 5.73 Å². The molecule has 2 heterocycles. The van der Waals surface area contributed by atoms with E-state index in [4.69, 9.17) is 17.3 Å². The molecule has 7 nitrogen and oxygen atoms in total. The van der Waals surface area contributed by atoms with E-state index in [9.17, 15) is 15.1 Å². The summed E-state index contributed by atoms with van der Waals surface area (Å²) in [7, 11) is 0. The first-order valence-electron chi connectivity index (χ1n) is 9.04. The summed E-state index contributed by atoms with van der Waals surface area (Å²) in [6.45, 7) is 0.686. The second-order valence-electron chi connectivity index (χ2n) is 6.67. The Kier molecular flexibility index (Phi) is 6.51. The summed E-state index contributed by atoms with van der Waals surface area (Å²) in [6, 6.07) is 10.3. The standard InChI is InChI=1S/C20H23ClN4O3/c21-16-3-1-14(2-4-16)19(22)20(15-5-9-23-10-6-15)25(28)13-18(27)24-11-7-17(26)8-12-24/h1-6,9-10,17,26,28H,7-8,11-13,22H2/b20-19-. The van der Waals surface area contributed by atoms with Crippen LogP contribution in [-0.4, -0.2) is 56.9 Å². The van der Waals surface area contributed by atoms with E-state index in [1.165, 1.54) is 0 Å². The molecule has 1 saturated heterocycles. The minimum Gasteiger partial charge on any atom is -0.396 e. The third kappa shape index (κ3) is 4.81. The molecule has 0 unspecified atom stereocenters. The third-order valence-corrected chi connectivity index (χ3v) is 4.98. The van der Waals surface area contributed by atoms with E-state index in [1.54, 1.807) is 53.7 Å². The van der Waals surface area contributed by atoms with Crippen molar-refractivity contribution in [2.24, 2.45) is 5.73 Å². The van der Waals surface area contributed by atoms with Crippen molar-refractivity contribution in [3.05, 3.63) is 64.9 Å². The first-order valence-corrected chi connectivity index (χ1v) is 9.42. The Morgan fingerprint density at radius 3 is 2.36 bits per heavy atom. The zero-order chi connectivity index (χ0) is 20.1. The Bertz CT molecular complexity index is 834. The Hall–Kier alpha value is -2.61. The van der Waals surface area contributed by atoms with Crippen molar-refractivity contribution >= 4 is 28.9 Å². The summed E-state index contributed by atoms with van der Waals surface area (Å²) in [6.07, 6.45) is 3.88. The maximum absolute atomic E-state index is 12.6. The first-order chi connectivity index (χ1) is 13.5. The highest BCUT2D eigenvalue weighted by molar-refractivity contribution is 6.30. The molecule has 0 spiro atoms. The van der Waals surface area contributed by atoms with E-state index < -0.39 is 0 Å². The van der Waals surface area contributed by atoms with Gasteiger partial charge in [0.2, 0.25) is 5.91 Å². The molecule has 4 N–H and O–H groups in total. The van der Waals surface area contributed by atoms with Gasteiger partial charge in [-0.05, 0) is 42.7 Å². The number of benzene rings is 1. The number of carbonyl (C=O) groups excluding carboxylic acids is 1. The fourth-order valence-corrected chi connectivity index (χ4v) is 3.27. The topological polar surface area (TPSA) is 103 Å². The number of halogens is 1. The Labute approximate surface area is 168 Å². The molecule has 28 heavy (non-hydrogen) atoms. The number of nitrogens with two attached hydrogens (primary N) is 1. The summed E-state index contributed by atoms with van der Waals surface area (Å²) in [4.78, 5) is 18.2. The molecular weight excluding hydrogens is 380 g/mol. The number of rotatable bonds is 5. The molecule has 1 aromatic carbocycles. The van der Waals surface area contributed by atoms with Crippen molar-refractivity contribution in [2.45, 2.75) is 18.9 Å². The van der Waals surface area contributed by atoms with Gasteiger partial charge < -0.3 is 15.7 Å². The molecular formula is C20H23ClN4O3. The van der Waals surface area contributed by atoms with Crippen LogP contribution in [-0.2, 0) is 4.79 Å². The van der Waals surface area contributed by atoms with Gasteiger partial charge in [0.1, 0.15) is 6.54 Å². The molecule has 0 bridgehead atoms. The first kappa shape index (κ1) is 20.1. The van der Waals surface area contributed by atoms with Gasteiger partial charge in [0, 0.05) is 36.1 Å². The zero-order valence-electron chi connectivity index (χ0n) is 15.3. The van der Waals surface area contributed by atoms with Crippen molar-refractivity contribution < 1.29 is 15.1 Å². The lowest BCUT2D eigenvalue weighted by Gasteiger charge is -2.31. The number of pyridine rings is 1. The molecule has 2 aromatic rings. The van der Waals surface area contributed by atoms with Gasteiger partial charge in [0.05, 0.1) is 17.5 Å². The molecule has 8 heteroatoms. The van der Waals surface area contributed by atoms with Gasteiger partial charge in [-0.3, -0.25) is 15.0 Å². The summed E-state index contributed by atoms with van der Waals surface area (Å²) in [5.41, 5.74) is 8.28. The number of aliphatic hydroxyl groups excluding tert-OH is 1. The van der Waals surface area contributed by atoms with E-state index in [2.05, 4.69) is 4.98 Å². The van der Waals surface area contributed by atoms with Crippen molar-refractivity contribution in [3.8, 4) is 0 Å². The number of carbonyl (C=O) groups is 1. The highest BCUT2D eigenvalue weighted by Crippen LogP contribution is 2.26. The largest absolute Gasteiger partial charge is 0.396 e. The molecule has 1 amide bonds. The fraction of sp³-hybridized carbons (Fsp3) is 0.300. The van der Waals surface area contributed by atoms with Crippen LogP contribution in [0.2, 0.25) is 5.02 Å². The Balaban J connectivity index is 1.87. The van der Waals surface area contributed by atoms with Crippen LogP contribution in [0.15, 0.2) is 48.8 Å². The van der Waals surface area contributed by atoms with E-state index in [0.717, 1.165) is 5.06 Å². The van der Waals surface area contributed by atoms with Gasteiger partial charge in [0.25, 0.3) is 0 Å². The molecule has 1 fully saturated rings. The molecule has 3 rings (SSSR count). The van der Waals surface area contributed by atoms with Crippen molar-refractivity contribution in [1.82, 2.24) is 14.9 Å². The molecule has 0 saturated carbocycles. The molecule has 0 atom stereocenters. The number of amides is 1. The van der Waals surface area contributed by atoms with Crippen LogP contribution in [0.3, 0.4) is 0 Å². The number of hydrogen-bond donors (Lipinski definition) is 3. The monoisotopic (exact) mass is 402 g/mol. The molecule has 1 aromatic heterocycles. The van der Waals surface area contributed by atoms with Crippen LogP contribution >= 0.6 is 11.6 Å². The fourth-order valence-electron chi connectivity index (χ4n) is 3.14. The van der Waals surface area contributed by atoms with E-state index in [1.807, 2.05) is 0 Å². The number of likely N-dealkylation sites (tertiary alicyclic amines) is 1. The number of hydroxylamine groups is 2. The van der Waals surface area contributed by atoms with E-state index in [-0.39, 0.29) is 18.6 Å². The van der Waals surface area contributed by atoms with Crippen molar-refractivity contribution in [2.75, 3.05) is 19.6 Å². The van der Waals surface area contributed by atoms with Crippen molar-refractivity contribution in [3.63, 3.8) is 0 Å². The number of aliphatic hydroxyl groups is 1. The van der Waals surface area contributed by atoms with Crippen LogP contribution in [0.25, 0.3) is 11.4 Å². The van der Waals surface area contributed by atoms with Crippen molar-refractivity contribution in [1.29, 1.82) is 0 Å². The lowest BCUT2D eigenvalue weighted by Crippen LogP contribution is -2.44. The number of hydrogen-bond acceptors (Lipinski definition) is 6. The van der Waals surface area contributed by atoms with Gasteiger partial charge in [-0.15, -0.1) is 0 Å². The van der Waals surface area contributed by atoms with Gasteiger partial charge in [0.15, 0.2) is 0 Å². The summed E-state index contributed by atoms with van der Waals surface area (Å²) >= 11 is 5.95. The smallest absolute Gasteiger partial charge is 0.244 e. The lowest BCUT2D eigenvalue weighted by molar-refractivity contribution is -0.140. The minimum atomic E-state index is -0.373. The van der Waals surface area contributed by atoms with Gasteiger partial charge >= 0.3 is 0 Å². The number of aromatic nitrogens is 1. The van der Waals surface area contributed by atoms with E-state index in [0.29, 0.717) is 53.5 Å². The predicted molar refractivity (Wildman–Crippen MR) is 107 cm³/mol. The summed E-state index contributed by atoms with van der Waals surface area (Å²) in [5.74, 6) is -0.232. The van der Waals surface area contributed by atoms with Gasteiger partial charge in [-0.2, -0.15) is 0 Å². The van der Waals surface area contributed by atoms with Gasteiger partial charge in [-0.25, -0.2) is 5.06 Å². The van der Waals surface area contributed by atoms with Crippen LogP contribution in [0.1, 0.15) is 24.0 Å². The molecule has 1 aliphatic rings. The average Bonchev–Trinajstić information content (AvgIpc) is 2.70. The van der Waals surface area contributed by atoms with Gasteiger partial charge in [-0.1, -0.05) is 23.7 Å². The molecule has 148 valence electrons. The average molecular weight is 403 g/mol. The third-order valence-electron chi connectivity index (χ3n) is 4.72. The Morgan fingerprint density at radius 1 is 1.14 bits per heavy atom. The predicted octanol–water partition coefficient (Wildman–Crippen LogP) is 2.19. The van der Waals surface area contributed by atoms with E-state index >= 15 is 0 Å². The molecule has 1 aliphatic heterocycles. The summed E-state index contributed by atoms with van der Waals surface area (Å²) in [5, 5.41) is 21.8. The zero-order valence-corrected chi connectivity index (χ0v) is 16.1. The maximum atomic E-state index is 12.6. The number of nitrogens with zero attached hydrogens (tertiary/aromatic N) is 3. The molecule has 0 aliphatic carbocycles. The van der Waals surface area contributed by atoms with Crippen LogP contribution in [0.4, 0.5) is 0 Å². The van der Waals surface area contributed by atoms with Crippen LogP contribution in [0.5, 0.6) is 0 Å². The lowest BCUT2D eigenvalue weighted by atomic mass is 10.1. The summed E-state index contributed by atoms with van der Waals surface area (Å²) < 4.78 is 0. The normalized spacial score (nSPS) is 15.9. The second kappa shape index (κ2) is 9.05. The number of piperidine rings is 1. The highest BCUT2D eigenvalue weighted by atomic mass is 35.5. The maximum Gasteiger partial charge on any atom is 0.244 e. The minimum absolute atomic E-state index is 0.232. The highest BCUT2D eigenvalue weighted by Gasteiger charge is 2.24.